The van der Waals surface area contributed by atoms with Crippen molar-refractivity contribution in [3.8, 4) is 17.3 Å². The predicted octanol–water partition coefficient (Wildman–Crippen LogP) is 2.38. The van der Waals surface area contributed by atoms with E-state index in [0.717, 1.165) is 23.6 Å². The van der Waals surface area contributed by atoms with Gasteiger partial charge in [0.05, 0.1) is 11.3 Å². The molecule has 0 aliphatic heterocycles. The maximum absolute atomic E-state index is 8.96. The highest BCUT2D eigenvalue weighted by Gasteiger charge is 2.08. The maximum atomic E-state index is 8.96. The van der Waals surface area contributed by atoms with Gasteiger partial charge >= 0.3 is 0 Å². The first-order valence-corrected chi connectivity index (χ1v) is 6.82. The maximum Gasteiger partial charge on any atom is 0.157 e. The molecule has 2 rings (SSSR count). The summed E-state index contributed by atoms with van der Waals surface area (Å²) in [6, 6.07) is 5.68. The molecule has 0 saturated carbocycles. The average molecular weight is 283 g/mol. The number of nitrogens with zero attached hydrogens (tertiary/aromatic N) is 4. The molecule has 0 bridgehead atoms. The lowest BCUT2D eigenvalue weighted by Gasteiger charge is -2.09. The molecule has 0 aliphatic carbocycles. The van der Waals surface area contributed by atoms with Crippen molar-refractivity contribution in [2.75, 3.05) is 18.5 Å². The number of ether oxygens (including phenoxy) is 1. The standard InChI is InChI=1S/C15H17N5O/c1-3-18-14-6-13(19-15(20-14)10-21-4-2)12-5-11(7-16)8-17-9-12/h5-6,8-9H,3-4,10H2,1-2H3,(H,18,19,20). The normalized spacial score (nSPS) is 10.1. The van der Waals surface area contributed by atoms with Crippen molar-refractivity contribution in [2.45, 2.75) is 20.5 Å². The lowest BCUT2D eigenvalue weighted by molar-refractivity contribution is 0.128. The van der Waals surface area contributed by atoms with Crippen LogP contribution in [0.15, 0.2) is 24.5 Å². The molecule has 0 fully saturated rings. The molecule has 2 heterocycles. The second-order valence-electron chi connectivity index (χ2n) is 4.30. The topological polar surface area (TPSA) is 83.7 Å². The zero-order chi connectivity index (χ0) is 15.1. The number of hydrogen-bond donors (Lipinski definition) is 1. The van der Waals surface area contributed by atoms with Gasteiger partial charge in [0.15, 0.2) is 5.82 Å². The Hall–Kier alpha value is -2.52. The number of pyridine rings is 1. The second kappa shape index (κ2) is 7.31. The first-order chi connectivity index (χ1) is 10.3. The van der Waals surface area contributed by atoms with Gasteiger partial charge in [-0.25, -0.2) is 9.97 Å². The number of rotatable bonds is 6. The molecule has 21 heavy (non-hydrogen) atoms. The van der Waals surface area contributed by atoms with E-state index in [2.05, 4.69) is 26.3 Å². The lowest BCUT2D eigenvalue weighted by atomic mass is 10.1. The molecule has 0 atom stereocenters. The fourth-order valence-electron chi connectivity index (χ4n) is 1.82. The smallest absolute Gasteiger partial charge is 0.157 e. The minimum atomic E-state index is 0.355. The van der Waals surface area contributed by atoms with E-state index in [4.69, 9.17) is 10.00 Å². The van der Waals surface area contributed by atoms with Crippen LogP contribution in [0.2, 0.25) is 0 Å². The van der Waals surface area contributed by atoms with Crippen molar-refractivity contribution >= 4 is 5.82 Å². The predicted molar refractivity (Wildman–Crippen MR) is 79.5 cm³/mol. The van der Waals surface area contributed by atoms with Crippen LogP contribution in [-0.4, -0.2) is 28.1 Å². The highest BCUT2D eigenvalue weighted by molar-refractivity contribution is 5.63. The van der Waals surface area contributed by atoms with Crippen molar-refractivity contribution in [1.82, 2.24) is 15.0 Å². The van der Waals surface area contributed by atoms with Gasteiger partial charge in [-0.2, -0.15) is 5.26 Å². The molecule has 0 amide bonds. The van der Waals surface area contributed by atoms with E-state index in [1.165, 1.54) is 6.20 Å². The van der Waals surface area contributed by atoms with Crippen LogP contribution in [0.1, 0.15) is 25.2 Å². The lowest BCUT2D eigenvalue weighted by Crippen LogP contribution is -2.06. The Morgan fingerprint density at radius 1 is 1.24 bits per heavy atom. The summed E-state index contributed by atoms with van der Waals surface area (Å²) >= 11 is 0. The Morgan fingerprint density at radius 2 is 2.10 bits per heavy atom. The van der Waals surface area contributed by atoms with E-state index in [-0.39, 0.29) is 0 Å². The number of hydrogen-bond acceptors (Lipinski definition) is 6. The van der Waals surface area contributed by atoms with Gasteiger partial charge in [-0.1, -0.05) is 0 Å². The summed E-state index contributed by atoms with van der Waals surface area (Å²) in [5, 5.41) is 12.1. The highest BCUT2D eigenvalue weighted by Crippen LogP contribution is 2.20. The fraction of sp³-hybridized carbons (Fsp3) is 0.333. The van der Waals surface area contributed by atoms with E-state index < -0.39 is 0 Å². The Kier molecular flexibility index (Phi) is 5.18. The Labute approximate surface area is 123 Å². The van der Waals surface area contributed by atoms with Gasteiger partial charge in [0, 0.05) is 37.2 Å². The van der Waals surface area contributed by atoms with E-state index in [1.807, 2.05) is 19.9 Å². The number of nitriles is 1. The van der Waals surface area contributed by atoms with Crippen LogP contribution >= 0.6 is 0 Å². The first kappa shape index (κ1) is 14.9. The number of anilines is 1. The number of nitrogens with one attached hydrogen (secondary N) is 1. The molecule has 2 aromatic rings. The molecule has 0 spiro atoms. The molecule has 108 valence electrons. The number of aromatic nitrogens is 3. The van der Waals surface area contributed by atoms with Crippen LogP contribution in [0, 0.1) is 11.3 Å². The van der Waals surface area contributed by atoms with Crippen LogP contribution in [0.4, 0.5) is 5.82 Å². The monoisotopic (exact) mass is 283 g/mol. The Morgan fingerprint density at radius 3 is 2.81 bits per heavy atom. The minimum Gasteiger partial charge on any atom is -0.374 e. The zero-order valence-electron chi connectivity index (χ0n) is 12.1. The van der Waals surface area contributed by atoms with Crippen LogP contribution in [-0.2, 0) is 11.3 Å². The zero-order valence-corrected chi connectivity index (χ0v) is 12.1. The van der Waals surface area contributed by atoms with Crippen LogP contribution in [0.5, 0.6) is 0 Å². The third-order valence-corrected chi connectivity index (χ3v) is 2.73. The highest BCUT2D eigenvalue weighted by atomic mass is 16.5. The summed E-state index contributed by atoms with van der Waals surface area (Å²) in [6.45, 7) is 5.65. The third kappa shape index (κ3) is 3.97. The van der Waals surface area contributed by atoms with Crippen molar-refractivity contribution in [3.63, 3.8) is 0 Å². The fourth-order valence-corrected chi connectivity index (χ4v) is 1.82. The first-order valence-electron chi connectivity index (χ1n) is 6.82. The quantitative estimate of drug-likeness (QED) is 0.876. The minimum absolute atomic E-state index is 0.355. The van der Waals surface area contributed by atoms with Gasteiger partial charge in [0.25, 0.3) is 0 Å². The molecule has 0 radical (unpaired) electrons. The van der Waals surface area contributed by atoms with Gasteiger partial charge in [0.2, 0.25) is 0 Å². The molecule has 1 N–H and O–H groups in total. The van der Waals surface area contributed by atoms with Crippen molar-refractivity contribution in [1.29, 1.82) is 5.26 Å². The summed E-state index contributed by atoms with van der Waals surface area (Å²) < 4.78 is 5.37. The molecule has 0 unspecified atom stereocenters. The van der Waals surface area contributed by atoms with Gasteiger partial charge in [0.1, 0.15) is 18.5 Å². The molecule has 0 aromatic carbocycles. The Balaban J connectivity index is 2.40. The van der Waals surface area contributed by atoms with Crippen molar-refractivity contribution in [3.05, 3.63) is 35.9 Å². The van der Waals surface area contributed by atoms with Gasteiger partial charge in [-0.05, 0) is 19.9 Å². The second-order valence-corrected chi connectivity index (χ2v) is 4.30. The summed E-state index contributed by atoms with van der Waals surface area (Å²) in [5.74, 6) is 1.34. The summed E-state index contributed by atoms with van der Waals surface area (Å²) in [4.78, 5) is 12.9. The van der Waals surface area contributed by atoms with Crippen LogP contribution < -0.4 is 5.32 Å². The van der Waals surface area contributed by atoms with E-state index >= 15 is 0 Å². The van der Waals surface area contributed by atoms with Crippen molar-refractivity contribution < 1.29 is 4.74 Å². The SMILES string of the molecule is CCNc1cc(-c2cncc(C#N)c2)nc(COCC)n1. The van der Waals surface area contributed by atoms with Gasteiger partial charge in [-0.15, -0.1) is 0 Å². The summed E-state index contributed by atoms with van der Waals surface area (Å²) in [6.07, 6.45) is 3.21. The van der Waals surface area contributed by atoms with Gasteiger partial charge in [-0.3, -0.25) is 4.98 Å². The molecule has 0 saturated heterocycles. The van der Waals surface area contributed by atoms with E-state index in [0.29, 0.717) is 24.6 Å². The average Bonchev–Trinajstić information content (AvgIpc) is 2.53. The Bertz CT molecular complexity index is 651. The third-order valence-electron chi connectivity index (χ3n) is 2.73. The van der Waals surface area contributed by atoms with Crippen molar-refractivity contribution in [2.24, 2.45) is 0 Å². The van der Waals surface area contributed by atoms with E-state index in [1.54, 1.807) is 12.3 Å². The molecular weight excluding hydrogens is 266 g/mol. The molecule has 0 aliphatic rings. The van der Waals surface area contributed by atoms with E-state index in [9.17, 15) is 0 Å². The summed E-state index contributed by atoms with van der Waals surface area (Å²) in [7, 11) is 0. The van der Waals surface area contributed by atoms with Gasteiger partial charge < -0.3 is 10.1 Å². The van der Waals surface area contributed by atoms with Crippen LogP contribution in [0.3, 0.4) is 0 Å². The molecule has 2 aromatic heterocycles. The molecular formula is C15H17N5O. The molecule has 6 nitrogen and oxygen atoms in total. The summed E-state index contributed by atoms with van der Waals surface area (Å²) in [5.41, 5.74) is 2.01. The largest absolute Gasteiger partial charge is 0.374 e. The van der Waals surface area contributed by atoms with Crippen LogP contribution in [0.25, 0.3) is 11.3 Å². The molecule has 6 heteroatoms.